The van der Waals surface area contributed by atoms with Gasteiger partial charge in [0.25, 0.3) is 0 Å². The fourth-order valence-electron chi connectivity index (χ4n) is 2.21. The lowest BCUT2D eigenvalue weighted by atomic mass is 10.0. The molecule has 0 bridgehead atoms. The number of benzene rings is 1. The van der Waals surface area contributed by atoms with Crippen molar-refractivity contribution in [1.82, 2.24) is 10.2 Å². The first-order chi connectivity index (χ1) is 10.0. The Labute approximate surface area is 126 Å². The van der Waals surface area contributed by atoms with Crippen molar-refractivity contribution in [3.8, 4) is 0 Å². The summed E-state index contributed by atoms with van der Waals surface area (Å²) in [5.41, 5.74) is 1.24. The van der Waals surface area contributed by atoms with Gasteiger partial charge in [0.05, 0.1) is 7.11 Å². The molecule has 0 saturated heterocycles. The van der Waals surface area contributed by atoms with Crippen molar-refractivity contribution in [3.63, 3.8) is 0 Å². The molecule has 0 amide bonds. The summed E-state index contributed by atoms with van der Waals surface area (Å²) in [6.07, 6.45) is 0. The van der Waals surface area contributed by atoms with Crippen LogP contribution in [0.15, 0.2) is 18.2 Å². The minimum absolute atomic E-state index is 0.273. The summed E-state index contributed by atoms with van der Waals surface area (Å²) in [6.45, 7) is 9.34. The van der Waals surface area contributed by atoms with E-state index in [1.165, 1.54) is 13.2 Å². The van der Waals surface area contributed by atoms with Gasteiger partial charge in [0.2, 0.25) is 0 Å². The maximum atomic E-state index is 13.4. The normalized spacial score (nSPS) is 12.5. The molecular formula is C16H25FN2O2. The van der Waals surface area contributed by atoms with Crippen molar-refractivity contribution in [1.29, 1.82) is 0 Å². The van der Waals surface area contributed by atoms with E-state index >= 15 is 0 Å². The summed E-state index contributed by atoms with van der Waals surface area (Å²) >= 11 is 0. The number of rotatable bonds is 8. The third-order valence-corrected chi connectivity index (χ3v) is 3.62. The number of hydrogen-bond acceptors (Lipinski definition) is 4. The predicted molar refractivity (Wildman–Crippen MR) is 81.7 cm³/mol. The van der Waals surface area contributed by atoms with Gasteiger partial charge in [-0.1, -0.05) is 26.0 Å². The fourth-order valence-corrected chi connectivity index (χ4v) is 2.21. The van der Waals surface area contributed by atoms with Crippen molar-refractivity contribution >= 4 is 5.97 Å². The van der Waals surface area contributed by atoms with Gasteiger partial charge in [-0.05, 0) is 37.2 Å². The first kappa shape index (κ1) is 17.6. The van der Waals surface area contributed by atoms with Gasteiger partial charge in [-0.15, -0.1) is 0 Å². The zero-order valence-electron chi connectivity index (χ0n) is 13.3. The number of halogens is 1. The number of carbonyl (C=O) groups excluding carboxylic acids is 1. The largest absolute Gasteiger partial charge is 0.468 e. The van der Waals surface area contributed by atoms with Crippen molar-refractivity contribution in [2.75, 3.05) is 33.3 Å². The van der Waals surface area contributed by atoms with Crippen LogP contribution >= 0.6 is 0 Å². The summed E-state index contributed by atoms with van der Waals surface area (Å²) in [5.74, 6) is -0.633. The average Bonchev–Trinajstić information content (AvgIpc) is 2.50. The number of esters is 1. The van der Waals surface area contributed by atoms with Gasteiger partial charge in [0.1, 0.15) is 11.9 Å². The molecule has 5 heteroatoms. The summed E-state index contributed by atoms with van der Waals surface area (Å²) in [4.78, 5) is 14.2. The highest BCUT2D eigenvalue weighted by Crippen LogP contribution is 2.18. The molecule has 1 aromatic carbocycles. The highest BCUT2D eigenvalue weighted by molar-refractivity contribution is 5.77. The lowest BCUT2D eigenvalue weighted by Crippen LogP contribution is -2.36. The predicted octanol–water partition coefficient (Wildman–Crippen LogP) is 2.28. The maximum absolute atomic E-state index is 13.4. The van der Waals surface area contributed by atoms with Crippen LogP contribution in [0.25, 0.3) is 0 Å². The second kappa shape index (κ2) is 8.74. The van der Waals surface area contributed by atoms with E-state index in [1.54, 1.807) is 19.1 Å². The number of likely N-dealkylation sites (N-methyl/N-ethyl adjacent to an activating group) is 1. The van der Waals surface area contributed by atoms with Crippen LogP contribution in [0.5, 0.6) is 0 Å². The molecule has 0 aliphatic rings. The first-order valence-electron chi connectivity index (χ1n) is 7.33. The van der Waals surface area contributed by atoms with Crippen molar-refractivity contribution in [2.45, 2.75) is 26.8 Å². The second-order valence-electron chi connectivity index (χ2n) is 4.95. The molecule has 1 N–H and O–H groups in total. The van der Waals surface area contributed by atoms with E-state index in [-0.39, 0.29) is 11.8 Å². The van der Waals surface area contributed by atoms with Crippen molar-refractivity contribution in [3.05, 3.63) is 35.1 Å². The van der Waals surface area contributed by atoms with Gasteiger partial charge in [-0.3, -0.25) is 5.32 Å². The lowest BCUT2D eigenvalue weighted by molar-refractivity contribution is -0.143. The molecule has 0 fully saturated rings. The second-order valence-corrected chi connectivity index (χ2v) is 4.95. The molecule has 0 radical (unpaired) electrons. The van der Waals surface area contributed by atoms with Gasteiger partial charge in [-0.25, -0.2) is 9.18 Å². The summed E-state index contributed by atoms with van der Waals surface area (Å²) in [6, 6.07) is 4.12. The van der Waals surface area contributed by atoms with Crippen LogP contribution in [-0.4, -0.2) is 44.2 Å². The van der Waals surface area contributed by atoms with E-state index in [1.807, 2.05) is 0 Å². The summed E-state index contributed by atoms with van der Waals surface area (Å²) < 4.78 is 18.2. The minimum Gasteiger partial charge on any atom is -0.468 e. The number of ether oxygens (including phenoxy) is 1. The number of hydrogen-bond donors (Lipinski definition) is 1. The molecule has 1 rings (SSSR count). The Kier molecular flexibility index (Phi) is 7.32. The Morgan fingerprint density at radius 2 is 2.05 bits per heavy atom. The smallest absolute Gasteiger partial charge is 0.327 e. The number of aryl methyl sites for hydroxylation is 1. The number of methoxy groups -OCH3 is 1. The van der Waals surface area contributed by atoms with Crippen LogP contribution in [0.2, 0.25) is 0 Å². The third-order valence-electron chi connectivity index (χ3n) is 3.62. The van der Waals surface area contributed by atoms with Crippen LogP contribution in [0.4, 0.5) is 4.39 Å². The highest BCUT2D eigenvalue weighted by atomic mass is 19.1. The Balaban J connectivity index is 2.76. The summed E-state index contributed by atoms with van der Waals surface area (Å²) in [7, 11) is 1.36. The van der Waals surface area contributed by atoms with Gasteiger partial charge in [-0.2, -0.15) is 0 Å². The number of nitrogens with zero attached hydrogens (tertiary/aromatic N) is 1. The van der Waals surface area contributed by atoms with Gasteiger partial charge < -0.3 is 9.64 Å². The molecule has 0 heterocycles. The van der Waals surface area contributed by atoms with Gasteiger partial charge in [0.15, 0.2) is 0 Å². The maximum Gasteiger partial charge on any atom is 0.327 e. The molecule has 0 aliphatic heterocycles. The molecule has 118 valence electrons. The zero-order chi connectivity index (χ0) is 15.8. The minimum atomic E-state index is -0.565. The standard InChI is InChI=1S/C16H25FN2O2/c1-5-19(6-2)10-9-18-15(16(20)21-4)13-7-8-14(17)12(3)11-13/h7-8,11,15,18H,5-6,9-10H2,1-4H3. The van der Waals surface area contributed by atoms with Crippen LogP contribution in [0.1, 0.15) is 31.0 Å². The van der Waals surface area contributed by atoms with Gasteiger partial charge >= 0.3 is 5.97 Å². The molecule has 0 spiro atoms. The quantitative estimate of drug-likeness (QED) is 0.747. The molecule has 1 aromatic rings. The molecule has 1 unspecified atom stereocenters. The molecular weight excluding hydrogens is 271 g/mol. The Hall–Kier alpha value is -1.46. The van der Waals surface area contributed by atoms with E-state index in [2.05, 4.69) is 24.1 Å². The average molecular weight is 296 g/mol. The number of carbonyl (C=O) groups is 1. The molecule has 0 aliphatic carbocycles. The molecule has 21 heavy (non-hydrogen) atoms. The van der Waals surface area contributed by atoms with Crippen LogP contribution in [-0.2, 0) is 9.53 Å². The van der Waals surface area contributed by atoms with Gasteiger partial charge in [0, 0.05) is 13.1 Å². The van der Waals surface area contributed by atoms with Crippen LogP contribution < -0.4 is 5.32 Å². The first-order valence-corrected chi connectivity index (χ1v) is 7.33. The summed E-state index contributed by atoms with van der Waals surface area (Å²) in [5, 5.41) is 3.19. The van der Waals surface area contributed by atoms with Crippen LogP contribution in [0.3, 0.4) is 0 Å². The Morgan fingerprint density at radius 3 is 2.57 bits per heavy atom. The van der Waals surface area contributed by atoms with Crippen molar-refractivity contribution in [2.24, 2.45) is 0 Å². The molecule has 0 saturated carbocycles. The number of nitrogens with one attached hydrogen (secondary N) is 1. The van der Waals surface area contributed by atoms with Crippen LogP contribution in [0, 0.1) is 12.7 Å². The lowest BCUT2D eigenvalue weighted by Gasteiger charge is -2.21. The third kappa shape index (κ3) is 5.10. The molecule has 1 atom stereocenters. The molecule has 4 nitrogen and oxygen atoms in total. The Morgan fingerprint density at radius 1 is 1.38 bits per heavy atom. The highest BCUT2D eigenvalue weighted by Gasteiger charge is 2.21. The van der Waals surface area contributed by atoms with E-state index in [4.69, 9.17) is 4.74 Å². The monoisotopic (exact) mass is 296 g/mol. The molecule has 0 aromatic heterocycles. The SMILES string of the molecule is CCN(CC)CCNC(C(=O)OC)c1ccc(F)c(C)c1. The topological polar surface area (TPSA) is 41.6 Å². The van der Waals surface area contributed by atoms with E-state index in [0.717, 1.165) is 25.2 Å². The van der Waals surface area contributed by atoms with Crippen molar-refractivity contribution < 1.29 is 13.9 Å². The van der Waals surface area contributed by atoms with E-state index < -0.39 is 6.04 Å². The fraction of sp³-hybridized carbons (Fsp3) is 0.562. The zero-order valence-corrected chi connectivity index (χ0v) is 13.3. The van der Waals surface area contributed by atoms with E-state index in [9.17, 15) is 9.18 Å². The van der Waals surface area contributed by atoms with E-state index in [0.29, 0.717) is 12.1 Å². The Bertz CT molecular complexity index is 462.